The molecule has 14 nitrogen and oxygen atoms in total. The van der Waals surface area contributed by atoms with Crippen molar-refractivity contribution in [1.82, 2.24) is 34.8 Å². The second-order valence-corrected chi connectivity index (χ2v) is 9.80. The first-order valence-corrected chi connectivity index (χ1v) is 13.1. The van der Waals surface area contributed by atoms with Crippen molar-refractivity contribution in [2.45, 2.75) is 44.6 Å². The number of carbonyl (C=O) groups excluding carboxylic acids is 2. The smallest absolute Gasteiger partial charge is 0.435 e. The van der Waals surface area contributed by atoms with Gasteiger partial charge in [0.15, 0.2) is 17.2 Å². The van der Waals surface area contributed by atoms with Gasteiger partial charge in [-0.15, -0.1) is 0 Å². The molecule has 2 amide bonds. The Balaban J connectivity index is 0.00000141. The van der Waals surface area contributed by atoms with Crippen LogP contribution in [0.2, 0.25) is 0 Å². The number of rotatable bonds is 8. The standard InChI is InChI=1S/C26H25F3N10O2.CH2O2/c1-14-8-16(2-3-18(14)25(41)34-12-21(40)35-17-9-15(31)10-17)36-23-24-33-11-20(39(24)7-5-32-23)19-13-38(6-4-30)37-22(19)26(27,28)29;2-1-3/h2-3,5,7-8,11,13,15,17H,6,9-10,12,31H2,1H3,(H,32,36)(H,34,41)(H,35,40);1H,(H,2,3). The zero-order valence-corrected chi connectivity index (χ0v) is 23.2. The zero-order valence-electron chi connectivity index (χ0n) is 23.2. The van der Waals surface area contributed by atoms with Gasteiger partial charge in [0.2, 0.25) is 5.91 Å². The first-order valence-electron chi connectivity index (χ1n) is 13.1. The van der Waals surface area contributed by atoms with Gasteiger partial charge in [-0.05, 0) is 43.5 Å². The fourth-order valence-electron chi connectivity index (χ4n) is 4.63. The number of halogens is 3. The van der Waals surface area contributed by atoms with Crippen molar-refractivity contribution in [3.05, 3.63) is 59.8 Å². The van der Waals surface area contributed by atoms with Crippen LogP contribution in [0, 0.1) is 18.3 Å². The van der Waals surface area contributed by atoms with Crippen molar-refractivity contribution >= 4 is 35.4 Å². The molecule has 0 bridgehead atoms. The molecule has 6 N–H and O–H groups in total. The minimum absolute atomic E-state index is 0.0404. The Morgan fingerprint density at radius 3 is 2.64 bits per heavy atom. The number of aryl methyl sites for hydroxylation is 1. The van der Waals surface area contributed by atoms with Crippen LogP contribution in [0.5, 0.6) is 0 Å². The third-order valence-corrected chi connectivity index (χ3v) is 6.65. The molecular weight excluding hydrogens is 585 g/mol. The maximum atomic E-state index is 13.7. The van der Waals surface area contributed by atoms with Crippen molar-refractivity contribution in [2.24, 2.45) is 5.73 Å². The number of carbonyl (C=O) groups is 3. The highest BCUT2D eigenvalue weighted by Gasteiger charge is 2.38. The Morgan fingerprint density at radius 1 is 1.27 bits per heavy atom. The largest absolute Gasteiger partial charge is 0.483 e. The number of hydrogen-bond acceptors (Lipinski definition) is 9. The molecule has 1 fully saturated rings. The molecule has 1 saturated carbocycles. The lowest BCUT2D eigenvalue weighted by Gasteiger charge is -2.32. The van der Waals surface area contributed by atoms with E-state index in [1.54, 1.807) is 31.2 Å². The number of anilines is 2. The molecule has 0 aliphatic heterocycles. The summed E-state index contributed by atoms with van der Waals surface area (Å²) < 4.78 is 43.4. The van der Waals surface area contributed by atoms with E-state index >= 15 is 0 Å². The van der Waals surface area contributed by atoms with Crippen LogP contribution < -0.4 is 21.7 Å². The quantitative estimate of drug-likeness (QED) is 0.183. The van der Waals surface area contributed by atoms with Crippen LogP contribution in [0.1, 0.15) is 34.5 Å². The lowest BCUT2D eigenvalue weighted by Crippen LogP contribution is -2.52. The van der Waals surface area contributed by atoms with Crippen LogP contribution in [0.25, 0.3) is 16.9 Å². The van der Waals surface area contributed by atoms with Crippen LogP contribution >= 0.6 is 0 Å². The van der Waals surface area contributed by atoms with Gasteiger partial charge in [0, 0.05) is 41.9 Å². The van der Waals surface area contributed by atoms with Crippen molar-refractivity contribution in [3.8, 4) is 17.3 Å². The molecule has 230 valence electrons. The van der Waals surface area contributed by atoms with E-state index in [1.165, 1.54) is 23.0 Å². The van der Waals surface area contributed by atoms with Crippen molar-refractivity contribution in [1.29, 1.82) is 5.26 Å². The van der Waals surface area contributed by atoms with Gasteiger partial charge in [0.25, 0.3) is 12.4 Å². The Bertz CT molecular complexity index is 1720. The molecule has 4 aromatic rings. The molecule has 0 atom stereocenters. The number of hydrogen-bond donors (Lipinski definition) is 5. The van der Waals surface area contributed by atoms with Gasteiger partial charge >= 0.3 is 6.18 Å². The summed E-state index contributed by atoms with van der Waals surface area (Å²) in [5.41, 5.74) is 6.28. The van der Waals surface area contributed by atoms with E-state index in [1.807, 2.05) is 0 Å². The first-order chi connectivity index (χ1) is 20.9. The molecule has 0 spiro atoms. The average molecular weight is 613 g/mol. The summed E-state index contributed by atoms with van der Waals surface area (Å²) in [5, 5.41) is 27.8. The minimum atomic E-state index is -4.74. The molecule has 5 rings (SSSR count). The van der Waals surface area contributed by atoms with E-state index in [0.29, 0.717) is 16.8 Å². The van der Waals surface area contributed by atoms with Crippen LogP contribution in [0.15, 0.2) is 43.0 Å². The van der Waals surface area contributed by atoms with Crippen LogP contribution in [0.4, 0.5) is 24.7 Å². The number of nitriles is 1. The number of alkyl halides is 3. The predicted molar refractivity (Wildman–Crippen MR) is 149 cm³/mol. The Hall–Kier alpha value is -5.50. The summed E-state index contributed by atoms with van der Waals surface area (Å²) >= 11 is 0. The summed E-state index contributed by atoms with van der Waals surface area (Å²) in [7, 11) is 0. The molecule has 0 unspecified atom stereocenters. The molecule has 0 saturated heterocycles. The summed E-state index contributed by atoms with van der Waals surface area (Å²) in [6.07, 6.45) is 2.01. The number of fused-ring (bicyclic) bond motifs is 1. The normalized spacial score (nSPS) is 15.7. The van der Waals surface area contributed by atoms with Crippen LogP contribution in [-0.4, -0.2) is 66.2 Å². The number of carboxylic acid groups (broad SMARTS) is 1. The number of aromatic nitrogens is 5. The molecule has 1 aliphatic rings. The number of nitrogens with one attached hydrogen (secondary N) is 3. The third-order valence-electron chi connectivity index (χ3n) is 6.65. The fraction of sp³-hybridized carbons (Fsp3) is 0.296. The maximum absolute atomic E-state index is 13.7. The number of nitrogens with two attached hydrogens (primary N) is 1. The van der Waals surface area contributed by atoms with Crippen molar-refractivity contribution < 1.29 is 32.7 Å². The van der Waals surface area contributed by atoms with Crippen molar-refractivity contribution in [3.63, 3.8) is 0 Å². The molecule has 44 heavy (non-hydrogen) atoms. The number of amides is 2. The second kappa shape index (κ2) is 13.2. The summed E-state index contributed by atoms with van der Waals surface area (Å²) in [6, 6.07) is 6.85. The van der Waals surface area contributed by atoms with Gasteiger partial charge in [-0.1, -0.05) is 0 Å². The van der Waals surface area contributed by atoms with Gasteiger partial charge in [0.1, 0.15) is 6.54 Å². The molecule has 3 aromatic heterocycles. The number of nitrogens with zero attached hydrogens (tertiary/aromatic N) is 6. The maximum Gasteiger partial charge on any atom is 0.435 e. The fourth-order valence-corrected chi connectivity index (χ4v) is 4.63. The van der Waals surface area contributed by atoms with Gasteiger partial charge < -0.3 is 26.8 Å². The van der Waals surface area contributed by atoms with E-state index in [2.05, 4.69) is 31.0 Å². The zero-order chi connectivity index (χ0) is 32.0. The molecule has 0 radical (unpaired) electrons. The average Bonchev–Trinajstić information content (AvgIpc) is 3.57. The van der Waals surface area contributed by atoms with E-state index in [4.69, 9.17) is 20.9 Å². The summed E-state index contributed by atoms with van der Waals surface area (Å²) in [6.45, 7) is 0.975. The third kappa shape index (κ3) is 7.10. The lowest BCUT2D eigenvalue weighted by molar-refractivity contribution is -0.141. The van der Waals surface area contributed by atoms with Crippen molar-refractivity contribution in [2.75, 3.05) is 11.9 Å². The van der Waals surface area contributed by atoms with Gasteiger partial charge in [0.05, 0.1) is 30.1 Å². The van der Waals surface area contributed by atoms with Gasteiger partial charge in [-0.2, -0.15) is 23.5 Å². The van der Waals surface area contributed by atoms with Crippen LogP contribution in [-0.2, 0) is 22.3 Å². The molecule has 3 heterocycles. The number of imidazole rings is 1. The van der Waals surface area contributed by atoms with E-state index in [9.17, 15) is 22.8 Å². The Kier molecular flexibility index (Phi) is 9.44. The highest BCUT2D eigenvalue weighted by Crippen LogP contribution is 2.37. The highest BCUT2D eigenvalue weighted by atomic mass is 19.4. The second-order valence-electron chi connectivity index (χ2n) is 9.80. The Labute approximate surface area is 247 Å². The molecular formula is C27H27F3N10O4. The van der Waals surface area contributed by atoms with E-state index in [0.717, 1.165) is 23.7 Å². The first kappa shape index (κ1) is 31.4. The minimum Gasteiger partial charge on any atom is -0.483 e. The summed E-state index contributed by atoms with van der Waals surface area (Å²) in [5.74, 6) is -0.435. The van der Waals surface area contributed by atoms with Gasteiger partial charge in [-0.25, -0.2) is 9.97 Å². The number of benzene rings is 1. The topological polar surface area (TPSA) is 205 Å². The molecule has 1 aromatic carbocycles. The summed E-state index contributed by atoms with van der Waals surface area (Å²) in [4.78, 5) is 41.6. The van der Waals surface area contributed by atoms with E-state index < -0.39 is 17.8 Å². The van der Waals surface area contributed by atoms with Crippen LogP contribution in [0.3, 0.4) is 0 Å². The molecule has 17 heteroatoms. The van der Waals surface area contributed by atoms with Gasteiger partial charge in [-0.3, -0.25) is 23.5 Å². The predicted octanol–water partition coefficient (Wildman–Crippen LogP) is 2.22. The SMILES string of the molecule is Cc1cc(Nc2nccn3c(-c4cn(CC#N)nc4C(F)(F)F)cnc23)ccc1C(=O)NCC(=O)NC1CC(N)C1.O=CO. The lowest BCUT2D eigenvalue weighted by atomic mass is 9.88. The molecule has 1 aliphatic carbocycles. The Morgan fingerprint density at radius 2 is 2.00 bits per heavy atom. The van der Waals surface area contributed by atoms with E-state index in [-0.39, 0.29) is 60.3 Å². The monoisotopic (exact) mass is 612 g/mol. The highest BCUT2D eigenvalue weighted by molar-refractivity contribution is 5.98.